The Bertz CT molecular complexity index is 434. The summed E-state index contributed by atoms with van der Waals surface area (Å²) in [6.07, 6.45) is 1.48. The molecule has 0 spiro atoms. The van der Waals surface area contributed by atoms with Crippen LogP contribution in [-0.2, 0) is 0 Å². The first-order chi connectivity index (χ1) is 9.00. The third kappa shape index (κ3) is 3.07. The van der Waals surface area contributed by atoms with Crippen molar-refractivity contribution in [2.75, 3.05) is 32.1 Å². The number of anilines is 1. The number of piperidine rings is 1. The smallest absolute Gasteiger partial charge is 0.131 e. The highest BCUT2D eigenvalue weighted by Crippen LogP contribution is 2.31. The lowest BCUT2D eigenvalue weighted by Crippen LogP contribution is -2.45. The minimum atomic E-state index is -0.782. The molecule has 1 fully saturated rings. The van der Waals surface area contributed by atoms with Crippen molar-refractivity contribution >= 4 is 5.69 Å². The monoisotopic (exact) mass is 266 g/mol. The number of aliphatic hydroxyl groups is 1. The van der Waals surface area contributed by atoms with Crippen LogP contribution in [0.1, 0.15) is 31.4 Å². The molecule has 2 rings (SSSR count). The maximum absolute atomic E-state index is 13.9. The van der Waals surface area contributed by atoms with Crippen LogP contribution in [0.5, 0.6) is 0 Å². The highest BCUT2D eigenvalue weighted by Gasteiger charge is 2.25. The van der Waals surface area contributed by atoms with Crippen molar-refractivity contribution in [3.63, 3.8) is 0 Å². The number of benzene rings is 1. The van der Waals surface area contributed by atoms with Crippen LogP contribution in [0.3, 0.4) is 0 Å². The molecule has 1 unspecified atom stereocenters. The minimum absolute atomic E-state index is 0.320. The minimum Gasteiger partial charge on any atom is -0.389 e. The predicted octanol–water partition coefficient (Wildman–Crippen LogP) is 2.41. The molecule has 1 N–H and O–H groups in total. The predicted molar refractivity (Wildman–Crippen MR) is 76.0 cm³/mol. The summed E-state index contributed by atoms with van der Waals surface area (Å²) in [4.78, 5) is 4.41. The van der Waals surface area contributed by atoms with Crippen LogP contribution in [0.15, 0.2) is 18.2 Å². The standard InChI is InChI=1S/C15H23FN2O/c1-11(19)15-13(16)7-4-8-14(15)18-9-5-6-12(10-18)17(2)3/h4,7-8,11-12,19H,5-6,9-10H2,1-3H3/t11-,12?/m0/s1. The highest BCUT2D eigenvalue weighted by atomic mass is 19.1. The average molecular weight is 266 g/mol. The normalized spacial score (nSPS) is 21.8. The molecule has 0 aliphatic carbocycles. The molecule has 0 saturated carbocycles. The SMILES string of the molecule is C[C@H](O)c1c(F)cccc1N1CCCC(N(C)C)C1. The molecule has 1 aromatic carbocycles. The first kappa shape index (κ1) is 14.3. The number of aliphatic hydroxyl groups excluding tert-OH is 1. The lowest BCUT2D eigenvalue weighted by atomic mass is 10.0. The van der Waals surface area contributed by atoms with Gasteiger partial charge in [-0.15, -0.1) is 0 Å². The van der Waals surface area contributed by atoms with E-state index in [4.69, 9.17) is 0 Å². The zero-order valence-electron chi connectivity index (χ0n) is 11.9. The largest absolute Gasteiger partial charge is 0.389 e. The quantitative estimate of drug-likeness (QED) is 0.910. The molecule has 1 aromatic rings. The van der Waals surface area contributed by atoms with Crippen molar-refractivity contribution in [1.82, 2.24) is 4.90 Å². The van der Waals surface area contributed by atoms with E-state index in [1.807, 2.05) is 6.07 Å². The molecule has 0 aromatic heterocycles. The van der Waals surface area contributed by atoms with Crippen LogP contribution < -0.4 is 4.90 Å². The number of rotatable bonds is 3. The Labute approximate surface area is 114 Å². The van der Waals surface area contributed by atoms with Gasteiger partial charge in [-0.3, -0.25) is 0 Å². The van der Waals surface area contributed by atoms with E-state index < -0.39 is 6.10 Å². The molecule has 0 bridgehead atoms. The number of nitrogens with zero attached hydrogens (tertiary/aromatic N) is 2. The lowest BCUT2D eigenvalue weighted by Gasteiger charge is -2.38. The molecule has 2 atom stereocenters. The summed E-state index contributed by atoms with van der Waals surface area (Å²) < 4.78 is 13.9. The Hall–Kier alpha value is -1.13. The molecule has 1 aliphatic rings. The second-order valence-electron chi connectivity index (χ2n) is 5.55. The second-order valence-corrected chi connectivity index (χ2v) is 5.55. The molecule has 4 heteroatoms. The first-order valence-corrected chi connectivity index (χ1v) is 6.88. The zero-order chi connectivity index (χ0) is 14.0. The summed E-state index contributed by atoms with van der Waals surface area (Å²) in [5.41, 5.74) is 1.25. The van der Waals surface area contributed by atoms with E-state index in [0.29, 0.717) is 11.6 Å². The maximum Gasteiger partial charge on any atom is 0.131 e. The van der Waals surface area contributed by atoms with Gasteiger partial charge in [-0.1, -0.05) is 6.07 Å². The van der Waals surface area contributed by atoms with Crippen molar-refractivity contribution in [1.29, 1.82) is 0 Å². The van der Waals surface area contributed by atoms with Crippen molar-refractivity contribution in [2.45, 2.75) is 31.9 Å². The van der Waals surface area contributed by atoms with Crippen LogP contribution in [0.2, 0.25) is 0 Å². The molecule has 0 amide bonds. The summed E-state index contributed by atoms with van der Waals surface area (Å²) in [5.74, 6) is -0.320. The fourth-order valence-corrected chi connectivity index (χ4v) is 2.81. The molecule has 1 saturated heterocycles. The summed E-state index contributed by atoms with van der Waals surface area (Å²) in [6.45, 7) is 3.43. The topological polar surface area (TPSA) is 26.7 Å². The van der Waals surface area contributed by atoms with Gasteiger partial charge in [0.05, 0.1) is 6.10 Å². The van der Waals surface area contributed by atoms with Gasteiger partial charge in [-0.05, 0) is 46.0 Å². The van der Waals surface area contributed by atoms with E-state index >= 15 is 0 Å². The number of halogens is 1. The van der Waals surface area contributed by atoms with Gasteiger partial charge in [0, 0.05) is 30.4 Å². The first-order valence-electron chi connectivity index (χ1n) is 6.88. The Morgan fingerprint density at radius 1 is 1.42 bits per heavy atom. The van der Waals surface area contributed by atoms with Crippen molar-refractivity contribution in [2.24, 2.45) is 0 Å². The molecule has 19 heavy (non-hydrogen) atoms. The van der Waals surface area contributed by atoms with Crippen LogP contribution in [0.25, 0.3) is 0 Å². The Morgan fingerprint density at radius 2 is 2.16 bits per heavy atom. The molecule has 1 heterocycles. The molecular weight excluding hydrogens is 243 g/mol. The average Bonchev–Trinajstić information content (AvgIpc) is 2.38. The van der Waals surface area contributed by atoms with Crippen molar-refractivity contribution in [3.8, 4) is 0 Å². The Kier molecular flexibility index (Phi) is 4.42. The molecule has 1 aliphatic heterocycles. The van der Waals surface area contributed by atoms with Gasteiger partial charge in [0.15, 0.2) is 0 Å². The molecule has 0 radical (unpaired) electrons. The van der Waals surface area contributed by atoms with Crippen molar-refractivity contribution in [3.05, 3.63) is 29.6 Å². The Morgan fingerprint density at radius 3 is 2.79 bits per heavy atom. The highest BCUT2D eigenvalue weighted by molar-refractivity contribution is 5.55. The molecular formula is C15H23FN2O. The third-order valence-corrected chi connectivity index (χ3v) is 3.92. The van der Waals surface area contributed by atoms with Gasteiger partial charge in [0.1, 0.15) is 5.82 Å². The van der Waals surface area contributed by atoms with Crippen LogP contribution in [0, 0.1) is 5.82 Å². The number of hydrogen-bond donors (Lipinski definition) is 1. The van der Waals surface area contributed by atoms with Gasteiger partial charge in [0.2, 0.25) is 0 Å². The van der Waals surface area contributed by atoms with E-state index in [1.165, 1.54) is 12.5 Å². The van der Waals surface area contributed by atoms with Gasteiger partial charge in [0.25, 0.3) is 0 Å². The Balaban J connectivity index is 2.28. The van der Waals surface area contributed by atoms with E-state index in [-0.39, 0.29) is 5.82 Å². The fraction of sp³-hybridized carbons (Fsp3) is 0.600. The maximum atomic E-state index is 13.9. The third-order valence-electron chi connectivity index (χ3n) is 3.92. The van der Waals surface area contributed by atoms with E-state index in [9.17, 15) is 9.50 Å². The molecule has 3 nitrogen and oxygen atoms in total. The van der Waals surface area contributed by atoms with Crippen LogP contribution >= 0.6 is 0 Å². The van der Waals surface area contributed by atoms with Gasteiger partial charge >= 0.3 is 0 Å². The van der Waals surface area contributed by atoms with E-state index in [0.717, 1.165) is 25.2 Å². The molecule has 106 valence electrons. The summed E-state index contributed by atoms with van der Waals surface area (Å²) in [7, 11) is 4.16. The number of likely N-dealkylation sites (N-methyl/N-ethyl adjacent to an activating group) is 1. The van der Waals surface area contributed by atoms with Gasteiger partial charge in [-0.2, -0.15) is 0 Å². The summed E-state index contributed by atoms with van der Waals surface area (Å²) in [5, 5.41) is 9.81. The van der Waals surface area contributed by atoms with Crippen molar-refractivity contribution < 1.29 is 9.50 Å². The van der Waals surface area contributed by atoms with E-state index in [2.05, 4.69) is 23.9 Å². The number of hydrogen-bond acceptors (Lipinski definition) is 3. The lowest BCUT2D eigenvalue weighted by molar-refractivity contribution is 0.194. The summed E-state index contributed by atoms with van der Waals surface area (Å²) in [6, 6.07) is 5.52. The van der Waals surface area contributed by atoms with Gasteiger partial charge in [-0.25, -0.2) is 4.39 Å². The zero-order valence-corrected chi connectivity index (χ0v) is 11.9. The fourth-order valence-electron chi connectivity index (χ4n) is 2.81. The van der Waals surface area contributed by atoms with Gasteiger partial charge < -0.3 is 14.9 Å². The second kappa shape index (κ2) is 5.88. The van der Waals surface area contributed by atoms with Crippen LogP contribution in [0.4, 0.5) is 10.1 Å². The van der Waals surface area contributed by atoms with Crippen LogP contribution in [-0.4, -0.2) is 43.2 Å². The summed E-state index contributed by atoms with van der Waals surface area (Å²) >= 11 is 0. The van der Waals surface area contributed by atoms with E-state index in [1.54, 1.807) is 13.0 Å².